The van der Waals surface area contributed by atoms with Crippen LogP contribution >= 0.6 is 11.3 Å². The minimum absolute atomic E-state index is 0.0815. The molecule has 13 heteroatoms. The van der Waals surface area contributed by atoms with Crippen molar-refractivity contribution in [2.75, 3.05) is 26.3 Å². The summed E-state index contributed by atoms with van der Waals surface area (Å²) in [5.41, 5.74) is -2.25. The molecule has 1 fully saturated rings. The van der Waals surface area contributed by atoms with Crippen molar-refractivity contribution in [1.82, 2.24) is 14.0 Å². The van der Waals surface area contributed by atoms with Gasteiger partial charge in [0.05, 0.1) is 35.6 Å². The van der Waals surface area contributed by atoms with E-state index in [2.05, 4.69) is 4.74 Å². The van der Waals surface area contributed by atoms with Crippen molar-refractivity contribution in [1.29, 1.82) is 0 Å². The number of rotatable bonds is 7. The number of amides is 1. The third-order valence-electron chi connectivity index (χ3n) is 5.79. The van der Waals surface area contributed by atoms with E-state index < -0.39 is 48.9 Å². The summed E-state index contributed by atoms with van der Waals surface area (Å²) in [6.45, 7) is 2.10. The Hall–Kier alpha value is -2.22. The molecular weight excluding hydrogens is 467 g/mol. The Morgan fingerprint density at radius 1 is 1.18 bits per heavy atom. The number of aryl methyl sites for hydroxylation is 1. The Morgan fingerprint density at radius 3 is 2.36 bits per heavy atom. The number of ether oxygens (including phenoxy) is 1. The van der Waals surface area contributed by atoms with Gasteiger partial charge in [-0.1, -0.05) is 6.92 Å². The first-order chi connectivity index (χ1) is 15.4. The van der Waals surface area contributed by atoms with E-state index in [0.717, 1.165) is 20.5 Å². The maximum absolute atomic E-state index is 13.2. The fourth-order valence-electron chi connectivity index (χ4n) is 3.90. The molecule has 0 spiro atoms. The van der Waals surface area contributed by atoms with Crippen LogP contribution in [0.15, 0.2) is 9.59 Å². The molecule has 2 aromatic heterocycles. The second-order valence-electron chi connectivity index (χ2n) is 8.10. The fraction of sp³-hybridized carbons (Fsp3) is 0.650. The van der Waals surface area contributed by atoms with Crippen LogP contribution in [0.5, 0.6) is 0 Å². The highest BCUT2D eigenvalue weighted by Crippen LogP contribution is 2.31. The number of fused-ring (bicyclic) bond motifs is 1. The largest absolute Gasteiger partial charge is 0.522 e. The number of hydrogen-bond acceptors (Lipinski definition) is 7. The van der Waals surface area contributed by atoms with Gasteiger partial charge in [0, 0.05) is 19.6 Å². The molecule has 2 N–H and O–H groups in total. The number of likely N-dealkylation sites (tertiary alicyclic amines) is 1. The molecule has 184 valence electrons. The second kappa shape index (κ2) is 9.57. The lowest BCUT2D eigenvalue weighted by Gasteiger charge is -2.36. The SMILES string of the molecule is CCCn1c(=O)c2c(C)c(C(=O)N3CCC(O)(CO)CC3)sc2n(CCOC(F)(F)F)c1=O. The zero-order valence-corrected chi connectivity index (χ0v) is 19.1. The monoisotopic (exact) mass is 493 g/mol. The van der Waals surface area contributed by atoms with Gasteiger partial charge in [-0.25, -0.2) is 4.79 Å². The van der Waals surface area contributed by atoms with E-state index in [1.165, 1.54) is 4.90 Å². The topological polar surface area (TPSA) is 114 Å². The highest BCUT2D eigenvalue weighted by atomic mass is 32.1. The Kier molecular flexibility index (Phi) is 7.36. The predicted octanol–water partition coefficient (Wildman–Crippen LogP) is 1.44. The zero-order chi connectivity index (χ0) is 24.6. The molecule has 1 aliphatic heterocycles. The molecule has 3 rings (SSSR count). The van der Waals surface area contributed by atoms with Crippen LogP contribution in [0.2, 0.25) is 0 Å². The van der Waals surface area contributed by atoms with E-state index in [9.17, 15) is 37.8 Å². The third-order valence-corrected chi connectivity index (χ3v) is 7.09. The first kappa shape index (κ1) is 25.4. The standard InChI is InChI=1S/C20H26F3N3O6S/c1-3-6-25-15(28)13-12(2)14(16(29)24-7-4-19(31,11-27)5-8-24)33-17(13)26(18(25)30)9-10-32-20(21,22)23/h27,31H,3-11H2,1-2H3. The molecule has 0 bridgehead atoms. The van der Waals surface area contributed by atoms with Crippen molar-refractivity contribution in [3.05, 3.63) is 31.3 Å². The van der Waals surface area contributed by atoms with Gasteiger partial charge >= 0.3 is 12.1 Å². The van der Waals surface area contributed by atoms with E-state index in [4.69, 9.17) is 0 Å². The molecule has 0 radical (unpaired) electrons. The summed E-state index contributed by atoms with van der Waals surface area (Å²) in [7, 11) is 0. The molecule has 33 heavy (non-hydrogen) atoms. The van der Waals surface area contributed by atoms with Crippen LogP contribution in [0.25, 0.3) is 10.2 Å². The predicted molar refractivity (Wildman–Crippen MR) is 115 cm³/mol. The Labute approximate surface area is 190 Å². The number of hydrogen-bond donors (Lipinski definition) is 2. The number of aliphatic hydroxyl groups is 2. The molecule has 0 saturated carbocycles. The van der Waals surface area contributed by atoms with Gasteiger partial charge in [0.2, 0.25) is 0 Å². The average molecular weight is 494 g/mol. The van der Waals surface area contributed by atoms with Gasteiger partial charge < -0.3 is 15.1 Å². The van der Waals surface area contributed by atoms with E-state index in [0.29, 0.717) is 12.0 Å². The maximum Gasteiger partial charge on any atom is 0.522 e. The molecule has 0 aliphatic carbocycles. The fourth-order valence-corrected chi connectivity index (χ4v) is 5.18. The van der Waals surface area contributed by atoms with Crippen LogP contribution in [0.1, 0.15) is 41.4 Å². The molecule has 2 aromatic rings. The van der Waals surface area contributed by atoms with Crippen LogP contribution in [-0.4, -0.2) is 68.4 Å². The molecule has 1 saturated heterocycles. The molecule has 1 amide bonds. The van der Waals surface area contributed by atoms with Crippen LogP contribution in [0, 0.1) is 6.92 Å². The van der Waals surface area contributed by atoms with Crippen molar-refractivity contribution >= 4 is 27.5 Å². The van der Waals surface area contributed by atoms with Gasteiger partial charge in [-0.3, -0.25) is 23.5 Å². The number of thiophene rings is 1. The number of carbonyl (C=O) groups is 1. The van der Waals surface area contributed by atoms with Gasteiger partial charge in [-0.2, -0.15) is 0 Å². The molecule has 9 nitrogen and oxygen atoms in total. The summed E-state index contributed by atoms with van der Waals surface area (Å²) in [5, 5.41) is 19.6. The Bertz CT molecular complexity index is 1150. The molecule has 0 unspecified atom stereocenters. The van der Waals surface area contributed by atoms with Crippen LogP contribution in [-0.2, 0) is 17.8 Å². The van der Waals surface area contributed by atoms with Crippen molar-refractivity contribution in [3.63, 3.8) is 0 Å². The minimum Gasteiger partial charge on any atom is -0.393 e. The summed E-state index contributed by atoms with van der Waals surface area (Å²) in [4.78, 5) is 40.9. The van der Waals surface area contributed by atoms with E-state index in [1.54, 1.807) is 13.8 Å². The van der Waals surface area contributed by atoms with E-state index in [-0.39, 0.29) is 47.6 Å². The smallest absolute Gasteiger partial charge is 0.393 e. The van der Waals surface area contributed by atoms with Gasteiger partial charge in [-0.05, 0) is 31.7 Å². The number of aromatic nitrogens is 2. The summed E-state index contributed by atoms with van der Waals surface area (Å²) in [5.74, 6) is -0.402. The summed E-state index contributed by atoms with van der Waals surface area (Å²) >= 11 is 0.881. The molecule has 0 aromatic carbocycles. The lowest BCUT2D eigenvalue weighted by molar-refractivity contribution is -0.325. The van der Waals surface area contributed by atoms with Crippen molar-refractivity contribution in [2.45, 2.75) is 58.2 Å². The lowest BCUT2D eigenvalue weighted by atomic mass is 9.92. The third kappa shape index (κ3) is 5.15. The quantitative estimate of drug-likeness (QED) is 0.604. The molecule has 1 aliphatic rings. The highest BCUT2D eigenvalue weighted by molar-refractivity contribution is 7.20. The number of halogens is 3. The van der Waals surface area contributed by atoms with Crippen LogP contribution in [0.4, 0.5) is 13.2 Å². The first-order valence-corrected chi connectivity index (χ1v) is 11.3. The summed E-state index contributed by atoms with van der Waals surface area (Å²) in [6, 6.07) is 0. The van der Waals surface area contributed by atoms with Crippen molar-refractivity contribution < 1.29 is 32.9 Å². The number of nitrogens with zero attached hydrogens (tertiary/aromatic N) is 3. The zero-order valence-electron chi connectivity index (χ0n) is 18.3. The highest BCUT2D eigenvalue weighted by Gasteiger charge is 2.35. The Balaban J connectivity index is 2.05. The number of alkyl halides is 3. The summed E-state index contributed by atoms with van der Waals surface area (Å²) < 4.78 is 43.2. The molecule has 3 heterocycles. The second-order valence-corrected chi connectivity index (χ2v) is 9.10. The van der Waals surface area contributed by atoms with Crippen molar-refractivity contribution in [2.24, 2.45) is 0 Å². The van der Waals surface area contributed by atoms with Gasteiger partial charge in [0.15, 0.2) is 0 Å². The maximum atomic E-state index is 13.2. The molecular formula is C20H26F3N3O6S. The van der Waals surface area contributed by atoms with Crippen LogP contribution < -0.4 is 11.2 Å². The lowest BCUT2D eigenvalue weighted by Crippen LogP contribution is -2.48. The van der Waals surface area contributed by atoms with Gasteiger partial charge in [-0.15, -0.1) is 24.5 Å². The average Bonchev–Trinajstić information content (AvgIpc) is 3.10. The first-order valence-electron chi connectivity index (χ1n) is 10.5. The van der Waals surface area contributed by atoms with Crippen molar-refractivity contribution in [3.8, 4) is 0 Å². The minimum atomic E-state index is -4.86. The summed E-state index contributed by atoms with van der Waals surface area (Å²) in [6.07, 6.45) is -4.04. The van der Waals surface area contributed by atoms with Crippen LogP contribution in [0.3, 0.4) is 0 Å². The number of aliphatic hydroxyl groups excluding tert-OH is 1. The number of piperidine rings is 1. The van der Waals surface area contributed by atoms with Gasteiger partial charge in [0.25, 0.3) is 11.5 Å². The Morgan fingerprint density at radius 2 is 1.82 bits per heavy atom. The van der Waals surface area contributed by atoms with E-state index >= 15 is 0 Å². The van der Waals surface area contributed by atoms with E-state index in [1.807, 2.05) is 0 Å². The number of carbonyl (C=O) groups excluding carboxylic acids is 1. The molecule has 0 atom stereocenters. The van der Waals surface area contributed by atoms with Gasteiger partial charge in [0.1, 0.15) is 4.83 Å². The normalized spacial score (nSPS) is 16.5.